The Morgan fingerprint density at radius 3 is 2.45 bits per heavy atom. The number of para-hydroxylation sites is 1. The molecule has 0 aliphatic heterocycles. The number of hydrogen-bond donors (Lipinski definition) is 2. The molecule has 0 aliphatic carbocycles. The van der Waals surface area contributed by atoms with Crippen molar-refractivity contribution < 1.29 is 9.53 Å². The standard InChI is InChI=1S/C16H26N2O2/c1-3-16(4-2,12-17)13-18-15(19)10-11-20-14-8-6-5-7-9-14/h5-9H,3-4,10-13,17H2,1-2H3,(H,18,19). The Bertz CT molecular complexity index is 380. The fourth-order valence-corrected chi connectivity index (χ4v) is 2.01. The zero-order valence-electron chi connectivity index (χ0n) is 12.5. The first-order valence-corrected chi connectivity index (χ1v) is 7.30. The lowest BCUT2D eigenvalue weighted by Crippen LogP contribution is -2.42. The molecular weight excluding hydrogens is 252 g/mol. The molecule has 0 fully saturated rings. The van der Waals surface area contributed by atoms with Gasteiger partial charge in [0.05, 0.1) is 13.0 Å². The highest BCUT2D eigenvalue weighted by molar-refractivity contribution is 5.76. The summed E-state index contributed by atoms with van der Waals surface area (Å²) in [6.07, 6.45) is 2.31. The van der Waals surface area contributed by atoms with Gasteiger partial charge in [-0.1, -0.05) is 32.0 Å². The van der Waals surface area contributed by atoms with Gasteiger partial charge in [0.25, 0.3) is 0 Å². The van der Waals surface area contributed by atoms with E-state index in [1.54, 1.807) is 0 Å². The maximum atomic E-state index is 11.8. The van der Waals surface area contributed by atoms with Crippen LogP contribution in [-0.2, 0) is 4.79 Å². The van der Waals surface area contributed by atoms with Crippen LogP contribution in [0.5, 0.6) is 5.75 Å². The number of benzene rings is 1. The fourth-order valence-electron chi connectivity index (χ4n) is 2.01. The molecule has 0 aromatic heterocycles. The number of rotatable bonds is 9. The summed E-state index contributed by atoms with van der Waals surface area (Å²) >= 11 is 0. The second-order valence-corrected chi connectivity index (χ2v) is 5.10. The molecule has 4 nitrogen and oxygen atoms in total. The van der Waals surface area contributed by atoms with Gasteiger partial charge in [-0.25, -0.2) is 0 Å². The van der Waals surface area contributed by atoms with Crippen LogP contribution in [0.3, 0.4) is 0 Å². The van der Waals surface area contributed by atoms with Crippen LogP contribution in [0.2, 0.25) is 0 Å². The number of hydrogen-bond acceptors (Lipinski definition) is 3. The summed E-state index contributed by atoms with van der Waals surface area (Å²) in [7, 11) is 0. The molecule has 1 amide bonds. The molecule has 3 N–H and O–H groups in total. The Labute approximate surface area is 121 Å². The highest BCUT2D eigenvalue weighted by Gasteiger charge is 2.24. The van der Waals surface area contributed by atoms with Gasteiger partial charge in [0, 0.05) is 6.54 Å². The second-order valence-electron chi connectivity index (χ2n) is 5.10. The van der Waals surface area contributed by atoms with Crippen molar-refractivity contribution in [3.05, 3.63) is 30.3 Å². The molecule has 0 atom stereocenters. The molecule has 0 saturated carbocycles. The first-order valence-electron chi connectivity index (χ1n) is 7.30. The highest BCUT2D eigenvalue weighted by atomic mass is 16.5. The molecule has 1 rings (SSSR count). The molecule has 0 aliphatic rings. The minimum atomic E-state index is 0.0145. The minimum absolute atomic E-state index is 0.0145. The quantitative estimate of drug-likeness (QED) is 0.728. The minimum Gasteiger partial charge on any atom is -0.493 e. The van der Waals surface area contributed by atoms with Crippen LogP contribution in [-0.4, -0.2) is 25.6 Å². The van der Waals surface area contributed by atoms with E-state index in [2.05, 4.69) is 19.2 Å². The number of ether oxygens (including phenoxy) is 1. The van der Waals surface area contributed by atoms with Crippen LogP contribution in [0.15, 0.2) is 30.3 Å². The summed E-state index contributed by atoms with van der Waals surface area (Å²) < 4.78 is 5.50. The average molecular weight is 278 g/mol. The van der Waals surface area contributed by atoms with Gasteiger partial charge in [-0.2, -0.15) is 0 Å². The molecule has 1 aromatic carbocycles. The number of amides is 1. The van der Waals surface area contributed by atoms with Crippen LogP contribution in [0.1, 0.15) is 33.1 Å². The van der Waals surface area contributed by atoms with Crippen molar-refractivity contribution in [1.29, 1.82) is 0 Å². The van der Waals surface area contributed by atoms with Crippen LogP contribution in [0, 0.1) is 5.41 Å². The van der Waals surface area contributed by atoms with E-state index >= 15 is 0 Å². The third-order valence-electron chi connectivity index (χ3n) is 3.93. The van der Waals surface area contributed by atoms with Gasteiger partial charge in [-0.15, -0.1) is 0 Å². The maximum absolute atomic E-state index is 11.8. The predicted molar refractivity (Wildman–Crippen MR) is 81.6 cm³/mol. The third-order valence-corrected chi connectivity index (χ3v) is 3.93. The van der Waals surface area contributed by atoms with Gasteiger partial charge in [-0.3, -0.25) is 4.79 Å². The van der Waals surface area contributed by atoms with Crippen molar-refractivity contribution in [1.82, 2.24) is 5.32 Å². The second kappa shape index (κ2) is 8.59. The summed E-state index contributed by atoms with van der Waals surface area (Å²) in [4.78, 5) is 11.8. The average Bonchev–Trinajstić information content (AvgIpc) is 2.50. The van der Waals surface area contributed by atoms with Crippen molar-refractivity contribution >= 4 is 5.91 Å². The molecule has 0 spiro atoms. The van der Waals surface area contributed by atoms with Gasteiger partial charge >= 0.3 is 0 Å². The van der Waals surface area contributed by atoms with Gasteiger partial charge in [0.2, 0.25) is 5.91 Å². The topological polar surface area (TPSA) is 64.3 Å². The van der Waals surface area contributed by atoms with E-state index in [0.717, 1.165) is 18.6 Å². The van der Waals surface area contributed by atoms with Crippen LogP contribution in [0.4, 0.5) is 0 Å². The normalized spacial score (nSPS) is 11.2. The molecule has 1 aromatic rings. The van der Waals surface area contributed by atoms with E-state index in [1.807, 2.05) is 30.3 Å². The van der Waals surface area contributed by atoms with Crippen LogP contribution < -0.4 is 15.8 Å². The van der Waals surface area contributed by atoms with Crippen molar-refractivity contribution in [2.45, 2.75) is 33.1 Å². The van der Waals surface area contributed by atoms with E-state index in [4.69, 9.17) is 10.5 Å². The van der Waals surface area contributed by atoms with Gasteiger partial charge < -0.3 is 15.8 Å². The summed E-state index contributed by atoms with van der Waals surface area (Å²) in [5.74, 6) is 0.805. The molecule has 0 heterocycles. The Morgan fingerprint density at radius 1 is 1.25 bits per heavy atom. The number of carbonyl (C=O) groups is 1. The lowest BCUT2D eigenvalue weighted by Gasteiger charge is -2.30. The zero-order valence-corrected chi connectivity index (χ0v) is 12.5. The number of carbonyl (C=O) groups excluding carboxylic acids is 1. The van der Waals surface area contributed by atoms with Gasteiger partial charge in [-0.05, 0) is 36.9 Å². The van der Waals surface area contributed by atoms with Crippen LogP contribution in [0.25, 0.3) is 0 Å². The van der Waals surface area contributed by atoms with E-state index in [9.17, 15) is 4.79 Å². The van der Waals surface area contributed by atoms with Crippen molar-refractivity contribution in [3.8, 4) is 5.75 Å². The summed E-state index contributed by atoms with van der Waals surface area (Å²) in [6.45, 7) is 5.85. The van der Waals surface area contributed by atoms with E-state index in [0.29, 0.717) is 26.1 Å². The summed E-state index contributed by atoms with van der Waals surface area (Å²) in [5.41, 5.74) is 5.84. The zero-order chi connectivity index (χ0) is 14.8. The molecule has 20 heavy (non-hydrogen) atoms. The molecule has 0 saturated heterocycles. The maximum Gasteiger partial charge on any atom is 0.223 e. The van der Waals surface area contributed by atoms with E-state index in [-0.39, 0.29) is 11.3 Å². The molecule has 4 heteroatoms. The molecule has 0 radical (unpaired) electrons. The Hall–Kier alpha value is -1.55. The largest absolute Gasteiger partial charge is 0.493 e. The smallest absolute Gasteiger partial charge is 0.223 e. The molecular formula is C16H26N2O2. The SMILES string of the molecule is CCC(CC)(CN)CNC(=O)CCOc1ccccc1. The lowest BCUT2D eigenvalue weighted by molar-refractivity contribution is -0.122. The Balaban J connectivity index is 2.27. The van der Waals surface area contributed by atoms with Gasteiger partial charge in [0.15, 0.2) is 0 Å². The number of nitrogens with one attached hydrogen (secondary N) is 1. The highest BCUT2D eigenvalue weighted by Crippen LogP contribution is 2.23. The van der Waals surface area contributed by atoms with E-state index < -0.39 is 0 Å². The predicted octanol–water partition coefficient (Wildman–Crippen LogP) is 2.34. The Morgan fingerprint density at radius 2 is 1.90 bits per heavy atom. The summed E-state index contributed by atoms with van der Waals surface area (Å²) in [6, 6.07) is 9.51. The Kier molecular flexibility index (Phi) is 7.09. The third kappa shape index (κ3) is 5.21. The van der Waals surface area contributed by atoms with Crippen LogP contribution >= 0.6 is 0 Å². The van der Waals surface area contributed by atoms with Gasteiger partial charge in [0.1, 0.15) is 5.75 Å². The number of nitrogens with two attached hydrogens (primary N) is 1. The molecule has 0 bridgehead atoms. The van der Waals surface area contributed by atoms with Crippen molar-refractivity contribution in [2.24, 2.45) is 11.1 Å². The summed E-state index contributed by atoms with van der Waals surface area (Å²) in [5, 5.41) is 2.96. The first-order chi connectivity index (χ1) is 9.65. The first kappa shape index (κ1) is 16.5. The van der Waals surface area contributed by atoms with Crippen molar-refractivity contribution in [3.63, 3.8) is 0 Å². The van der Waals surface area contributed by atoms with Crippen molar-refractivity contribution in [2.75, 3.05) is 19.7 Å². The van der Waals surface area contributed by atoms with E-state index in [1.165, 1.54) is 0 Å². The monoisotopic (exact) mass is 278 g/mol. The fraction of sp³-hybridized carbons (Fsp3) is 0.562. The molecule has 0 unspecified atom stereocenters. The molecule has 112 valence electrons. The lowest BCUT2D eigenvalue weighted by atomic mass is 9.82.